The number of hydrogen-bond donors (Lipinski definition) is 3. The lowest BCUT2D eigenvalue weighted by atomic mass is 10.2. The summed E-state index contributed by atoms with van der Waals surface area (Å²) in [4.78, 5) is 25.2. The molecular formula is C18H19ClN4O4S. The van der Waals surface area contributed by atoms with Crippen LogP contribution in [0.1, 0.15) is 6.92 Å². The van der Waals surface area contributed by atoms with E-state index in [-0.39, 0.29) is 10.8 Å². The molecule has 8 nitrogen and oxygen atoms in total. The SMILES string of the molecule is CC(Nc1cccc(NS(=O)(=O)c2ccc(Cl)cc2)c1)C(=O)N1CCNC1=O. The van der Waals surface area contributed by atoms with Crippen LogP contribution < -0.4 is 15.4 Å². The summed E-state index contributed by atoms with van der Waals surface area (Å²) in [5.74, 6) is -0.359. The van der Waals surface area contributed by atoms with Gasteiger partial charge in [0.15, 0.2) is 0 Å². The zero-order chi connectivity index (χ0) is 20.3. The van der Waals surface area contributed by atoms with Gasteiger partial charge in [-0.05, 0) is 49.4 Å². The number of sulfonamides is 1. The minimum Gasteiger partial charge on any atom is -0.374 e. The number of nitrogens with one attached hydrogen (secondary N) is 3. The fraction of sp³-hybridized carbons (Fsp3) is 0.222. The Morgan fingerprint density at radius 1 is 1.18 bits per heavy atom. The van der Waals surface area contributed by atoms with E-state index in [4.69, 9.17) is 11.6 Å². The molecule has 1 fully saturated rings. The Kier molecular flexibility index (Phi) is 5.76. The second kappa shape index (κ2) is 8.07. The van der Waals surface area contributed by atoms with Crippen molar-refractivity contribution in [3.8, 4) is 0 Å². The number of amides is 3. The van der Waals surface area contributed by atoms with Crippen LogP contribution in [0, 0.1) is 0 Å². The van der Waals surface area contributed by atoms with E-state index in [9.17, 15) is 18.0 Å². The van der Waals surface area contributed by atoms with Crippen LogP contribution in [-0.2, 0) is 14.8 Å². The molecule has 28 heavy (non-hydrogen) atoms. The molecule has 0 aromatic heterocycles. The van der Waals surface area contributed by atoms with Gasteiger partial charge in [-0.2, -0.15) is 0 Å². The molecule has 10 heteroatoms. The van der Waals surface area contributed by atoms with Gasteiger partial charge in [-0.1, -0.05) is 17.7 Å². The van der Waals surface area contributed by atoms with Crippen molar-refractivity contribution < 1.29 is 18.0 Å². The van der Waals surface area contributed by atoms with Crippen LogP contribution >= 0.6 is 11.6 Å². The van der Waals surface area contributed by atoms with Crippen molar-refractivity contribution in [3.63, 3.8) is 0 Å². The zero-order valence-corrected chi connectivity index (χ0v) is 16.5. The van der Waals surface area contributed by atoms with Gasteiger partial charge in [0.25, 0.3) is 15.9 Å². The molecule has 0 radical (unpaired) electrons. The van der Waals surface area contributed by atoms with Gasteiger partial charge in [-0.25, -0.2) is 13.2 Å². The number of imide groups is 1. The second-order valence-electron chi connectivity index (χ2n) is 6.23. The Morgan fingerprint density at radius 3 is 2.50 bits per heavy atom. The summed E-state index contributed by atoms with van der Waals surface area (Å²) in [5, 5.41) is 6.01. The number of benzene rings is 2. The number of nitrogens with zero attached hydrogens (tertiary/aromatic N) is 1. The number of carbonyl (C=O) groups is 2. The Labute approximate surface area is 167 Å². The van der Waals surface area contributed by atoms with Crippen molar-refractivity contribution in [1.29, 1.82) is 0 Å². The van der Waals surface area contributed by atoms with Gasteiger partial charge in [0.1, 0.15) is 6.04 Å². The van der Waals surface area contributed by atoms with E-state index in [1.165, 1.54) is 24.3 Å². The van der Waals surface area contributed by atoms with Gasteiger partial charge < -0.3 is 10.6 Å². The first-order valence-electron chi connectivity index (χ1n) is 8.50. The summed E-state index contributed by atoms with van der Waals surface area (Å²) in [6.45, 7) is 2.39. The first-order chi connectivity index (χ1) is 13.3. The Balaban J connectivity index is 1.70. The van der Waals surface area contributed by atoms with Crippen LogP contribution in [0.4, 0.5) is 16.2 Å². The first kappa shape index (κ1) is 20.0. The molecule has 1 saturated heterocycles. The van der Waals surface area contributed by atoms with Crippen LogP contribution in [0.25, 0.3) is 0 Å². The zero-order valence-electron chi connectivity index (χ0n) is 15.0. The molecule has 148 valence electrons. The Bertz CT molecular complexity index is 995. The molecule has 0 saturated carbocycles. The molecule has 0 aliphatic carbocycles. The summed E-state index contributed by atoms with van der Waals surface area (Å²) in [7, 11) is -3.78. The van der Waals surface area contributed by atoms with Gasteiger partial charge in [-0.15, -0.1) is 0 Å². The molecule has 0 bridgehead atoms. The van der Waals surface area contributed by atoms with Gasteiger partial charge in [-0.3, -0.25) is 14.4 Å². The minimum absolute atomic E-state index is 0.0823. The third kappa shape index (κ3) is 4.55. The molecule has 1 aliphatic heterocycles. The van der Waals surface area contributed by atoms with Crippen LogP contribution in [0.5, 0.6) is 0 Å². The minimum atomic E-state index is -3.78. The lowest BCUT2D eigenvalue weighted by Crippen LogP contribution is -2.43. The number of halogens is 1. The molecule has 1 aliphatic rings. The average Bonchev–Trinajstić information content (AvgIpc) is 3.07. The highest BCUT2D eigenvalue weighted by Crippen LogP contribution is 2.21. The van der Waals surface area contributed by atoms with Crippen LogP contribution in [0.15, 0.2) is 53.4 Å². The predicted octanol–water partition coefficient (Wildman–Crippen LogP) is 2.49. The van der Waals surface area contributed by atoms with E-state index in [2.05, 4.69) is 15.4 Å². The third-order valence-electron chi connectivity index (χ3n) is 4.12. The third-order valence-corrected chi connectivity index (χ3v) is 5.76. The highest BCUT2D eigenvalue weighted by atomic mass is 35.5. The van der Waals surface area contributed by atoms with E-state index >= 15 is 0 Å². The van der Waals surface area contributed by atoms with Crippen molar-refractivity contribution in [2.45, 2.75) is 17.9 Å². The van der Waals surface area contributed by atoms with Crippen LogP contribution in [0.2, 0.25) is 5.02 Å². The van der Waals surface area contributed by atoms with Crippen LogP contribution in [-0.4, -0.2) is 44.4 Å². The fourth-order valence-corrected chi connectivity index (χ4v) is 3.90. The molecule has 1 unspecified atom stereocenters. The quantitative estimate of drug-likeness (QED) is 0.662. The average molecular weight is 423 g/mol. The van der Waals surface area contributed by atoms with Crippen LogP contribution in [0.3, 0.4) is 0 Å². The monoisotopic (exact) mass is 422 g/mol. The molecule has 2 aromatic carbocycles. The lowest BCUT2D eigenvalue weighted by Gasteiger charge is -2.20. The number of carbonyl (C=O) groups excluding carboxylic acids is 2. The van der Waals surface area contributed by atoms with Gasteiger partial charge >= 0.3 is 6.03 Å². The maximum absolute atomic E-state index is 12.5. The molecule has 3 N–H and O–H groups in total. The Morgan fingerprint density at radius 2 is 1.86 bits per heavy atom. The second-order valence-corrected chi connectivity index (χ2v) is 8.35. The highest BCUT2D eigenvalue weighted by molar-refractivity contribution is 7.92. The summed E-state index contributed by atoms with van der Waals surface area (Å²) in [5.41, 5.74) is 0.871. The number of hydrogen-bond acceptors (Lipinski definition) is 5. The van der Waals surface area contributed by atoms with Crippen molar-refractivity contribution in [1.82, 2.24) is 10.2 Å². The van der Waals surface area contributed by atoms with Crippen molar-refractivity contribution in [3.05, 3.63) is 53.6 Å². The molecule has 3 amide bonds. The van der Waals surface area contributed by atoms with E-state index in [1.807, 2.05) is 0 Å². The largest absolute Gasteiger partial charge is 0.374 e. The number of urea groups is 1. The van der Waals surface area contributed by atoms with Gasteiger partial charge in [0.05, 0.1) is 10.6 Å². The first-order valence-corrected chi connectivity index (χ1v) is 10.4. The van der Waals surface area contributed by atoms with Crippen molar-refractivity contribution in [2.24, 2.45) is 0 Å². The molecule has 2 aromatic rings. The summed E-state index contributed by atoms with van der Waals surface area (Å²) in [6.07, 6.45) is 0. The highest BCUT2D eigenvalue weighted by Gasteiger charge is 2.29. The van der Waals surface area contributed by atoms with E-state index < -0.39 is 22.1 Å². The Hall–Kier alpha value is -2.78. The smallest absolute Gasteiger partial charge is 0.324 e. The molecule has 1 atom stereocenters. The summed E-state index contributed by atoms with van der Waals surface area (Å²) < 4.78 is 27.5. The van der Waals surface area contributed by atoms with E-state index in [1.54, 1.807) is 31.2 Å². The predicted molar refractivity (Wildman–Crippen MR) is 107 cm³/mol. The normalized spacial score (nSPS) is 15.1. The molecule has 0 spiro atoms. The summed E-state index contributed by atoms with van der Waals surface area (Å²) in [6, 6.07) is 11.3. The van der Waals surface area contributed by atoms with Crippen molar-refractivity contribution >= 4 is 44.9 Å². The van der Waals surface area contributed by atoms with E-state index in [0.717, 1.165) is 4.90 Å². The maximum Gasteiger partial charge on any atom is 0.324 e. The topological polar surface area (TPSA) is 108 Å². The maximum atomic E-state index is 12.5. The van der Waals surface area contributed by atoms with Gasteiger partial charge in [0.2, 0.25) is 0 Å². The molecular weight excluding hydrogens is 404 g/mol. The van der Waals surface area contributed by atoms with E-state index in [0.29, 0.717) is 29.5 Å². The number of anilines is 2. The number of rotatable bonds is 6. The standard InChI is InChI=1S/C18H19ClN4O4S/c1-12(17(24)23-10-9-20-18(23)25)21-14-3-2-4-15(11-14)22-28(26,27)16-7-5-13(19)6-8-16/h2-8,11-12,21-22H,9-10H2,1H3,(H,20,25). The summed E-state index contributed by atoms with van der Waals surface area (Å²) >= 11 is 5.79. The lowest BCUT2D eigenvalue weighted by molar-refractivity contribution is -0.128. The van der Waals surface area contributed by atoms with Gasteiger partial charge in [0, 0.05) is 23.8 Å². The molecule has 1 heterocycles. The molecule has 3 rings (SSSR count). The van der Waals surface area contributed by atoms with Crippen molar-refractivity contribution in [2.75, 3.05) is 23.1 Å². The fourth-order valence-electron chi connectivity index (χ4n) is 2.73.